The number of nitro benzene ring substituents is 1. The fourth-order valence-corrected chi connectivity index (χ4v) is 1.22. The third-order valence-electron chi connectivity index (χ3n) is 1.24. The van der Waals surface area contributed by atoms with Gasteiger partial charge in [0.25, 0.3) is 5.69 Å². The highest BCUT2D eigenvalue weighted by atomic mass is 79.9. The van der Waals surface area contributed by atoms with E-state index in [1.54, 1.807) is 0 Å². The molecule has 0 aliphatic heterocycles. The van der Waals surface area contributed by atoms with Crippen LogP contribution in [0.2, 0.25) is 0 Å². The fraction of sp³-hybridized carbons (Fsp3) is 0. The zero-order valence-corrected chi connectivity index (χ0v) is 9.44. The summed E-state index contributed by atoms with van der Waals surface area (Å²) in [6.07, 6.45) is 0. The quantitative estimate of drug-likeness (QED) is 0.257. The Morgan fingerprint density at radius 1 is 1.35 bits per heavy atom. The third-order valence-corrected chi connectivity index (χ3v) is 1.88. The number of nitrogens with zero attached hydrogens (tertiary/aromatic N) is 3. The minimum atomic E-state index is -6.00. The van der Waals surface area contributed by atoms with Gasteiger partial charge in [-0.05, 0) is 15.9 Å². The third kappa shape index (κ3) is 7.23. The van der Waals surface area contributed by atoms with Crippen molar-refractivity contribution in [1.82, 2.24) is 0 Å². The molecule has 92 valence electrons. The van der Waals surface area contributed by atoms with E-state index in [0.717, 1.165) is 0 Å². The Morgan fingerprint density at radius 3 is 2.12 bits per heavy atom. The van der Waals surface area contributed by atoms with E-state index < -0.39 is 12.2 Å². The molecule has 0 atom stereocenters. The van der Waals surface area contributed by atoms with E-state index in [9.17, 15) is 27.4 Å². The molecule has 11 heteroatoms. The molecule has 0 heterocycles. The van der Waals surface area contributed by atoms with Crippen LogP contribution in [0.4, 0.5) is 28.6 Å². The Labute approximate surface area is 100 Å². The number of benzene rings is 1. The van der Waals surface area contributed by atoms with Gasteiger partial charge >= 0.3 is 12.9 Å². The summed E-state index contributed by atoms with van der Waals surface area (Å²) in [5.41, 5.74) is 0.217. The molecule has 0 aliphatic rings. The molecule has 0 unspecified atom stereocenters. The van der Waals surface area contributed by atoms with Gasteiger partial charge in [-0.15, -0.1) is 0 Å². The van der Waals surface area contributed by atoms with Gasteiger partial charge < -0.3 is 17.3 Å². The highest BCUT2D eigenvalue weighted by Crippen LogP contribution is 2.28. The average molecular weight is 316 g/mol. The molecule has 0 bridgehead atoms. The second-order valence-electron chi connectivity index (χ2n) is 2.49. The standard InChI is InChI=1S/C6H3BrN3O2.BF4/c7-5-3-4(9-8)1-2-6(5)10(11)12;2-1(3,4)5/h1-3H;/q+1;-1. The van der Waals surface area contributed by atoms with Gasteiger partial charge in [-0.1, -0.05) is 0 Å². The first-order valence-corrected chi connectivity index (χ1v) is 4.61. The van der Waals surface area contributed by atoms with E-state index in [1.165, 1.54) is 18.2 Å². The summed E-state index contributed by atoms with van der Waals surface area (Å²) in [5.74, 6) is 0. The highest BCUT2D eigenvalue weighted by Gasteiger charge is 2.20. The van der Waals surface area contributed by atoms with E-state index in [2.05, 4.69) is 20.9 Å². The lowest BCUT2D eigenvalue weighted by molar-refractivity contribution is -0.385. The van der Waals surface area contributed by atoms with Crippen LogP contribution >= 0.6 is 15.9 Å². The molecule has 0 aliphatic carbocycles. The van der Waals surface area contributed by atoms with Gasteiger partial charge in [0.2, 0.25) is 5.39 Å². The molecule has 17 heavy (non-hydrogen) atoms. The van der Waals surface area contributed by atoms with Crippen LogP contribution in [0, 0.1) is 15.5 Å². The van der Waals surface area contributed by atoms with Gasteiger partial charge in [0.15, 0.2) is 4.98 Å². The van der Waals surface area contributed by atoms with Gasteiger partial charge in [-0.25, -0.2) is 0 Å². The predicted molar refractivity (Wildman–Crippen MR) is 55.7 cm³/mol. The summed E-state index contributed by atoms with van der Waals surface area (Å²) >= 11 is 2.98. The molecule has 0 amide bonds. The molecule has 0 spiro atoms. The van der Waals surface area contributed by atoms with Crippen molar-refractivity contribution < 1.29 is 22.2 Å². The van der Waals surface area contributed by atoms with Crippen LogP contribution in [0.15, 0.2) is 22.7 Å². The largest absolute Gasteiger partial charge is 0.673 e. The molecule has 0 saturated heterocycles. The minimum absolute atomic E-state index is 0.0533. The molecule has 1 aromatic rings. The Bertz CT molecular complexity index is 456. The number of nitro groups is 1. The molecular formula is C6H3BBrF4N3O2. The number of diazo groups is 1. The first-order chi connectivity index (χ1) is 7.65. The van der Waals surface area contributed by atoms with Crippen LogP contribution in [-0.2, 0) is 0 Å². The Balaban J connectivity index is 0.000000437. The van der Waals surface area contributed by atoms with Gasteiger partial charge in [0, 0.05) is 12.1 Å². The van der Waals surface area contributed by atoms with E-state index in [1.807, 2.05) is 0 Å². The topological polar surface area (TPSA) is 71.3 Å². The first-order valence-electron chi connectivity index (χ1n) is 3.81. The van der Waals surface area contributed by atoms with Crippen molar-refractivity contribution in [3.05, 3.63) is 37.8 Å². The maximum absolute atomic E-state index is 10.3. The van der Waals surface area contributed by atoms with Crippen molar-refractivity contribution in [2.24, 2.45) is 0 Å². The van der Waals surface area contributed by atoms with Gasteiger partial charge in [0.05, 0.1) is 11.0 Å². The summed E-state index contributed by atoms with van der Waals surface area (Å²) in [6.45, 7) is 0. The van der Waals surface area contributed by atoms with Crippen molar-refractivity contribution in [1.29, 1.82) is 5.39 Å². The molecule has 0 fully saturated rings. The smallest absolute Gasteiger partial charge is 0.418 e. The molecule has 5 nitrogen and oxygen atoms in total. The number of halogens is 5. The fourth-order valence-electron chi connectivity index (χ4n) is 0.706. The van der Waals surface area contributed by atoms with Crippen LogP contribution in [0.1, 0.15) is 0 Å². The van der Waals surface area contributed by atoms with E-state index in [0.29, 0.717) is 4.47 Å². The van der Waals surface area contributed by atoms with Crippen LogP contribution in [0.25, 0.3) is 4.98 Å². The number of rotatable bonds is 1. The zero-order chi connectivity index (χ0) is 13.6. The van der Waals surface area contributed by atoms with Gasteiger partial charge in [0.1, 0.15) is 4.47 Å². The Kier molecular flexibility index (Phi) is 5.53. The highest BCUT2D eigenvalue weighted by molar-refractivity contribution is 9.10. The second-order valence-corrected chi connectivity index (χ2v) is 3.34. The monoisotopic (exact) mass is 315 g/mol. The molecule has 0 saturated carbocycles. The van der Waals surface area contributed by atoms with E-state index in [4.69, 9.17) is 5.39 Å². The zero-order valence-electron chi connectivity index (χ0n) is 7.86. The average Bonchev–Trinajstić information content (AvgIpc) is 2.14. The van der Waals surface area contributed by atoms with Gasteiger partial charge in [-0.3, -0.25) is 10.1 Å². The lowest BCUT2D eigenvalue weighted by Gasteiger charge is -1.94. The van der Waals surface area contributed by atoms with E-state index >= 15 is 0 Å². The van der Waals surface area contributed by atoms with Crippen LogP contribution in [-0.4, -0.2) is 12.2 Å². The van der Waals surface area contributed by atoms with Crippen molar-refractivity contribution in [3.63, 3.8) is 0 Å². The maximum atomic E-state index is 10.3. The Hall–Kier alpha value is -1.70. The summed E-state index contributed by atoms with van der Waals surface area (Å²) in [6, 6.07) is 3.97. The molecule has 0 radical (unpaired) electrons. The number of hydrogen-bond donors (Lipinski definition) is 0. The van der Waals surface area contributed by atoms with Crippen LogP contribution < -0.4 is 0 Å². The van der Waals surface area contributed by atoms with E-state index in [-0.39, 0.29) is 11.4 Å². The lowest BCUT2D eigenvalue weighted by atomic mass is 10.3. The van der Waals surface area contributed by atoms with Gasteiger partial charge in [-0.2, -0.15) is 0 Å². The Morgan fingerprint density at radius 2 is 1.82 bits per heavy atom. The summed E-state index contributed by atoms with van der Waals surface area (Å²) in [7, 11) is -6.00. The number of hydrogen-bond acceptors (Lipinski definition) is 3. The predicted octanol–water partition coefficient (Wildman–Crippen LogP) is 4.14. The molecule has 0 N–H and O–H groups in total. The summed E-state index contributed by atoms with van der Waals surface area (Å²) in [5, 5.41) is 18.6. The molecule has 0 aromatic heterocycles. The van der Waals surface area contributed by atoms with Crippen molar-refractivity contribution in [2.75, 3.05) is 0 Å². The second kappa shape index (κ2) is 6.14. The van der Waals surface area contributed by atoms with Crippen molar-refractivity contribution in [3.8, 4) is 0 Å². The SMILES string of the molecule is F[B-](F)(F)F.N#[N+]c1ccc([N+](=O)[O-])c(Br)c1. The summed E-state index contributed by atoms with van der Waals surface area (Å²) < 4.78 is 39.3. The molecule has 1 rings (SSSR count). The van der Waals surface area contributed by atoms with Crippen molar-refractivity contribution >= 4 is 34.6 Å². The minimum Gasteiger partial charge on any atom is -0.418 e. The normalized spacial score (nSPS) is 9.88. The van der Waals surface area contributed by atoms with Crippen LogP contribution in [0.3, 0.4) is 0 Å². The maximum Gasteiger partial charge on any atom is 0.673 e. The molecular weight excluding hydrogens is 313 g/mol. The lowest BCUT2D eigenvalue weighted by Crippen LogP contribution is -2.02. The van der Waals surface area contributed by atoms with Crippen LogP contribution in [0.5, 0.6) is 0 Å². The first kappa shape index (κ1) is 15.3. The molecule has 1 aromatic carbocycles. The summed E-state index contributed by atoms with van der Waals surface area (Å²) in [4.78, 5) is 12.7. The van der Waals surface area contributed by atoms with Crippen molar-refractivity contribution in [2.45, 2.75) is 0 Å².